The molecule has 112 valence electrons. The zero-order valence-electron chi connectivity index (χ0n) is 12.0. The van der Waals surface area contributed by atoms with Crippen molar-refractivity contribution >= 4 is 15.9 Å². The third-order valence-electron chi connectivity index (χ3n) is 3.31. The maximum Gasteiger partial charge on any atom is 0.119 e. The van der Waals surface area contributed by atoms with Crippen molar-refractivity contribution in [3.8, 4) is 11.5 Å². The Balaban J connectivity index is 1.74. The predicted molar refractivity (Wildman–Crippen MR) is 83.1 cm³/mol. The summed E-state index contributed by atoms with van der Waals surface area (Å²) < 4.78 is 16.7. The molecular formula is C15H22BrNO3. The van der Waals surface area contributed by atoms with Crippen LogP contribution in [0, 0.1) is 0 Å². The number of alkyl halides is 1. The molecule has 1 saturated heterocycles. The molecule has 1 aromatic carbocycles. The first-order valence-corrected chi connectivity index (χ1v) is 8.04. The normalized spacial score (nSPS) is 23.6. The number of halogens is 1. The Morgan fingerprint density at radius 1 is 1.25 bits per heavy atom. The molecule has 1 fully saturated rings. The van der Waals surface area contributed by atoms with Crippen LogP contribution in [0.25, 0.3) is 0 Å². The lowest BCUT2D eigenvalue weighted by Gasteiger charge is -2.36. The van der Waals surface area contributed by atoms with E-state index in [1.165, 1.54) is 0 Å². The number of methoxy groups -OCH3 is 1. The molecular weight excluding hydrogens is 322 g/mol. The van der Waals surface area contributed by atoms with Crippen molar-refractivity contribution in [2.24, 2.45) is 0 Å². The zero-order valence-corrected chi connectivity index (χ0v) is 13.6. The number of rotatable bonds is 6. The molecule has 0 spiro atoms. The van der Waals surface area contributed by atoms with Crippen LogP contribution in [0.1, 0.15) is 6.92 Å². The van der Waals surface area contributed by atoms with Crippen molar-refractivity contribution < 1.29 is 14.2 Å². The SMILES string of the molecule is COc1ccc(OCCN2CC(C)OC(CBr)C2)cc1. The minimum atomic E-state index is 0.278. The molecule has 1 heterocycles. The second kappa shape index (κ2) is 7.86. The highest BCUT2D eigenvalue weighted by Crippen LogP contribution is 2.17. The summed E-state index contributed by atoms with van der Waals surface area (Å²) in [4.78, 5) is 2.39. The summed E-state index contributed by atoms with van der Waals surface area (Å²) in [6, 6.07) is 7.68. The standard InChI is InChI=1S/C15H22BrNO3/c1-12-10-17(11-15(9-16)20-12)7-8-19-14-5-3-13(18-2)4-6-14/h3-6,12,15H,7-11H2,1-2H3. The molecule has 0 radical (unpaired) electrons. The molecule has 0 bridgehead atoms. The van der Waals surface area contributed by atoms with Gasteiger partial charge in [-0.15, -0.1) is 0 Å². The van der Waals surface area contributed by atoms with E-state index in [2.05, 4.69) is 27.8 Å². The Bertz CT molecular complexity index is 399. The van der Waals surface area contributed by atoms with E-state index in [0.29, 0.717) is 6.61 Å². The lowest BCUT2D eigenvalue weighted by molar-refractivity contribution is -0.0672. The van der Waals surface area contributed by atoms with Gasteiger partial charge >= 0.3 is 0 Å². The molecule has 0 aromatic heterocycles. The van der Waals surface area contributed by atoms with Gasteiger partial charge in [-0.05, 0) is 31.2 Å². The molecule has 2 rings (SSSR count). The quantitative estimate of drug-likeness (QED) is 0.743. The molecule has 1 aromatic rings. The Morgan fingerprint density at radius 3 is 2.60 bits per heavy atom. The lowest BCUT2D eigenvalue weighted by Crippen LogP contribution is -2.48. The molecule has 20 heavy (non-hydrogen) atoms. The summed E-state index contributed by atoms with van der Waals surface area (Å²) in [5, 5.41) is 0.882. The average molecular weight is 344 g/mol. The zero-order chi connectivity index (χ0) is 14.4. The monoisotopic (exact) mass is 343 g/mol. The first-order chi connectivity index (χ1) is 9.71. The Morgan fingerprint density at radius 2 is 1.95 bits per heavy atom. The van der Waals surface area contributed by atoms with Crippen molar-refractivity contribution in [2.75, 3.05) is 38.7 Å². The highest BCUT2D eigenvalue weighted by Gasteiger charge is 2.24. The van der Waals surface area contributed by atoms with E-state index < -0.39 is 0 Å². The fourth-order valence-corrected chi connectivity index (χ4v) is 2.73. The maximum absolute atomic E-state index is 5.81. The van der Waals surface area contributed by atoms with Crippen molar-refractivity contribution in [1.82, 2.24) is 4.90 Å². The minimum absolute atomic E-state index is 0.278. The van der Waals surface area contributed by atoms with Crippen LogP contribution in [0.2, 0.25) is 0 Å². The molecule has 0 saturated carbocycles. The summed E-state index contributed by atoms with van der Waals surface area (Å²) in [6.45, 7) is 5.65. The van der Waals surface area contributed by atoms with Gasteiger partial charge in [-0.2, -0.15) is 0 Å². The van der Waals surface area contributed by atoms with Gasteiger partial charge in [-0.25, -0.2) is 0 Å². The fraction of sp³-hybridized carbons (Fsp3) is 0.600. The van der Waals surface area contributed by atoms with Crippen LogP contribution in [0.4, 0.5) is 0 Å². The number of nitrogens with zero attached hydrogens (tertiary/aromatic N) is 1. The number of hydrogen-bond donors (Lipinski definition) is 0. The van der Waals surface area contributed by atoms with E-state index in [4.69, 9.17) is 14.2 Å². The Kier molecular flexibility index (Phi) is 6.13. The highest BCUT2D eigenvalue weighted by molar-refractivity contribution is 9.09. The molecule has 1 aliphatic heterocycles. The smallest absolute Gasteiger partial charge is 0.119 e. The molecule has 2 unspecified atom stereocenters. The Hall–Kier alpha value is -0.780. The third-order valence-corrected chi connectivity index (χ3v) is 4.03. The summed E-state index contributed by atoms with van der Waals surface area (Å²) in [6.07, 6.45) is 0.562. The van der Waals surface area contributed by atoms with E-state index in [-0.39, 0.29) is 12.2 Å². The summed E-state index contributed by atoms with van der Waals surface area (Å²) in [5.74, 6) is 1.73. The fourth-order valence-electron chi connectivity index (χ4n) is 2.37. The third kappa shape index (κ3) is 4.65. The predicted octanol–water partition coefficient (Wildman–Crippen LogP) is 2.56. The van der Waals surface area contributed by atoms with Gasteiger partial charge in [0.15, 0.2) is 0 Å². The van der Waals surface area contributed by atoms with Crippen molar-refractivity contribution in [3.63, 3.8) is 0 Å². The molecule has 4 nitrogen and oxygen atoms in total. The van der Waals surface area contributed by atoms with Gasteiger partial charge < -0.3 is 14.2 Å². The summed E-state index contributed by atoms with van der Waals surface area (Å²) in [7, 11) is 1.66. The number of hydrogen-bond acceptors (Lipinski definition) is 4. The average Bonchev–Trinajstić information content (AvgIpc) is 2.47. The van der Waals surface area contributed by atoms with Gasteiger partial charge in [0, 0.05) is 25.0 Å². The second-order valence-electron chi connectivity index (χ2n) is 5.01. The van der Waals surface area contributed by atoms with Gasteiger partial charge in [0.05, 0.1) is 19.3 Å². The highest BCUT2D eigenvalue weighted by atomic mass is 79.9. The van der Waals surface area contributed by atoms with E-state index >= 15 is 0 Å². The number of ether oxygens (including phenoxy) is 3. The van der Waals surface area contributed by atoms with Crippen molar-refractivity contribution in [2.45, 2.75) is 19.1 Å². The molecule has 0 aliphatic carbocycles. The van der Waals surface area contributed by atoms with E-state index in [9.17, 15) is 0 Å². The topological polar surface area (TPSA) is 30.9 Å². The van der Waals surface area contributed by atoms with Gasteiger partial charge in [-0.3, -0.25) is 4.90 Å². The van der Waals surface area contributed by atoms with Gasteiger partial charge in [0.2, 0.25) is 0 Å². The van der Waals surface area contributed by atoms with Crippen LogP contribution in [-0.4, -0.2) is 55.8 Å². The van der Waals surface area contributed by atoms with Gasteiger partial charge in [0.1, 0.15) is 18.1 Å². The van der Waals surface area contributed by atoms with E-state index in [1.54, 1.807) is 7.11 Å². The number of morpholine rings is 1. The van der Waals surface area contributed by atoms with Crippen LogP contribution in [-0.2, 0) is 4.74 Å². The van der Waals surface area contributed by atoms with Crippen molar-refractivity contribution in [1.29, 1.82) is 0 Å². The van der Waals surface area contributed by atoms with Crippen LogP contribution in [0.3, 0.4) is 0 Å². The molecule has 1 aliphatic rings. The minimum Gasteiger partial charge on any atom is -0.497 e. The van der Waals surface area contributed by atoms with E-state index in [0.717, 1.165) is 36.5 Å². The maximum atomic E-state index is 5.81. The van der Waals surface area contributed by atoms with Crippen LogP contribution < -0.4 is 9.47 Å². The summed E-state index contributed by atoms with van der Waals surface area (Å²) in [5.41, 5.74) is 0. The molecule has 5 heteroatoms. The first kappa shape index (κ1) is 15.6. The number of benzene rings is 1. The van der Waals surface area contributed by atoms with Crippen LogP contribution >= 0.6 is 15.9 Å². The second-order valence-corrected chi connectivity index (χ2v) is 5.65. The van der Waals surface area contributed by atoms with Crippen LogP contribution in [0.5, 0.6) is 11.5 Å². The van der Waals surface area contributed by atoms with E-state index in [1.807, 2.05) is 24.3 Å². The van der Waals surface area contributed by atoms with Crippen molar-refractivity contribution in [3.05, 3.63) is 24.3 Å². The summed E-state index contributed by atoms with van der Waals surface area (Å²) >= 11 is 3.49. The lowest BCUT2D eigenvalue weighted by atomic mass is 10.2. The van der Waals surface area contributed by atoms with Gasteiger partial charge in [-0.1, -0.05) is 15.9 Å². The molecule has 2 atom stereocenters. The molecule has 0 amide bonds. The van der Waals surface area contributed by atoms with Crippen LogP contribution in [0.15, 0.2) is 24.3 Å². The first-order valence-electron chi connectivity index (χ1n) is 6.92. The Labute approximate surface area is 129 Å². The van der Waals surface area contributed by atoms with Gasteiger partial charge in [0.25, 0.3) is 0 Å². The molecule has 0 N–H and O–H groups in total. The largest absolute Gasteiger partial charge is 0.497 e.